The Balaban J connectivity index is 1.79. The molecule has 0 atom stereocenters. The molecule has 0 unspecified atom stereocenters. The van der Waals surface area contributed by atoms with Gasteiger partial charge in [-0.1, -0.05) is 6.07 Å². The summed E-state index contributed by atoms with van der Waals surface area (Å²) in [5, 5.41) is 0. The molecule has 2 aromatic heterocycles. The Kier molecular flexibility index (Phi) is 4.89. The monoisotopic (exact) mass is 305 g/mol. The molecule has 0 saturated carbocycles. The normalized spacial score (nSPS) is 10.1. The van der Waals surface area contributed by atoms with Crippen LogP contribution < -0.4 is 16.4 Å². The molecule has 0 bridgehead atoms. The highest BCUT2D eigenvalue weighted by atomic mass is 32.1. The summed E-state index contributed by atoms with van der Waals surface area (Å²) in [6.07, 6.45) is 1.72. The van der Waals surface area contributed by atoms with Gasteiger partial charge in [0, 0.05) is 30.1 Å². The lowest BCUT2D eigenvalue weighted by Gasteiger charge is -2.07. The standard InChI is InChI=1S/C14H15N3O3S/c1-10-5-6-11(21-10)14(20)16-15-12(18)7-9-17-8-3-2-4-13(17)19/h2-6,8H,7,9H2,1H3,(H,15,18)(H,16,20). The van der Waals surface area contributed by atoms with Gasteiger partial charge in [0.25, 0.3) is 11.5 Å². The summed E-state index contributed by atoms with van der Waals surface area (Å²) in [5.41, 5.74) is 4.52. The predicted octanol–water partition coefficient (Wildman–Crippen LogP) is 1.07. The number of rotatable bonds is 4. The highest BCUT2D eigenvalue weighted by molar-refractivity contribution is 7.13. The smallest absolute Gasteiger partial charge is 0.279 e. The first-order valence-corrected chi connectivity index (χ1v) is 7.19. The average Bonchev–Trinajstić information content (AvgIpc) is 2.90. The maximum absolute atomic E-state index is 11.7. The van der Waals surface area contributed by atoms with Crippen molar-refractivity contribution in [2.75, 3.05) is 0 Å². The number of nitrogens with zero attached hydrogens (tertiary/aromatic N) is 1. The number of thiophene rings is 1. The maximum Gasteiger partial charge on any atom is 0.279 e. The fraction of sp³-hybridized carbons (Fsp3) is 0.214. The minimum atomic E-state index is -0.354. The Hall–Kier alpha value is -2.41. The Bertz CT molecular complexity index is 705. The van der Waals surface area contributed by atoms with Gasteiger partial charge in [-0.05, 0) is 25.1 Å². The van der Waals surface area contributed by atoms with E-state index in [-0.39, 0.29) is 30.3 Å². The molecule has 2 rings (SSSR count). The van der Waals surface area contributed by atoms with Gasteiger partial charge in [-0.3, -0.25) is 25.2 Å². The largest absolute Gasteiger partial charge is 0.315 e. The van der Waals surface area contributed by atoms with E-state index < -0.39 is 0 Å². The third-order valence-electron chi connectivity index (χ3n) is 2.76. The van der Waals surface area contributed by atoms with Crippen molar-refractivity contribution in [2.45, 2.75) is 19.9 Å². The Labute approximate surface area is 125 Å². The second-order valence-electron chi connectivity index (χ2n) is 4.39. The van der Waals surface area contributed by atoms with Crippen molar-refractivity contribution in [3.63, 3.8) is 0 Å². The number of hydrazine groups is 1. The lowest BCUT2D eigenvalue weighted by molar-refractivity contribution is -0.122. The Morgan fingerprint density at radius 2 is 2.00 bits per heavy atom. The molecule has 0 aromatic carbocycles. The van der Waals surface area contributed by atoms with E-state index in [1.165, 1.54) is 22.0 Å². The first-order valence-electron chi connectivity index (χ1n) is 6.37. The van der Waals surface area contributed by atoms with Crippen molar-refractivity contribution < 1.29 is 9.59 Å². The van der Waals surface area contributed by atoms with E-state index in [0.717, 1.165) is 4.88 Å². The van der Waals surface area contributed by atoms with Crippen LogP contribution in [0.1, 0.15) is 21.0 Å². The maximum atomic E-state index is 11.7. The molecular weight excluding hydrogens is 290 g/mol. The van der Waals surface area contributed by atoms with Crippen molar-refractivity contribution in [2.24, 2.45) is 0 Å². The van der Waals surface area contributed by atoms with Gasteiger partial charge in [0.15, 0.2) is 0 Å². The number of aryl methyl sites for hydroxylation is 2. The van der Waals surface area contributed by atoms with Crippen LogP contribution in [0.15, 0.2) is 41.3 Å². The highest BCUT2D eigenvalue weighted by Crippen LogP contribution is 2.14. The summed E-state index contributed by atoms with van der Waals surface area (Å²) in [4.78, 5) is 36.4. The molecule has 0 aliphatic carbocycles. The number of aromatic nitrogens is 1. The van der Waals surface area contributed by atoms with E-state index in [0.29, 0.717) is 4.88 Å². The lowest BCUT2D eigenvalue weighted by atomic mass is 10.4. The Morgan fingerprint density at radius 1 is 1.19 bits per heavy atom. The number of carbonyl (C=O) groups excluding carboxylic acids is 2. The second-order valence-corrected chi connectivity index (χ2v) is 5.68. The van der Waals surface area contributed by atoms with Gasteiger partial charge in [0.05, 0.1) is 4.88 Å². The number of amides is 2. The van der Waals surface area contributed by atoms with E-state index in [4.69, 9.17) is 0 Å². The van der Waals surface area contributed by atoms with E-state index in [1.54, 1.807) is 24.4 Å². The van der Waals surface area contributed by atoms with E-state index in [9.17, 15) is 14.4 Å². The van der Waals surface area contributed by atoms with Crippen LogP contribution in [0, 0.1) is 6.92 Å². The predicted molar refractivity (Wildman–Crippen MR) is 80.0 cm³/mol. The second kappa shape index (κ2) is 6.85. The van der Waals surface area contributed by atoms with Crippen molar-refractivity contribution in [3.05, 3.63) is 56.6 Å². The average molecular weight is 305 g/mol. The minimum absolute atomic E-state index is 0.105. The number of nitrogens with one attached hydrogen (secondary N) is 2. The SMILES string of the molecule is Cc1ccc(C(=O)NNC(=O)CCn2ccccc2=O)s1. The van der Waals surface area contributed by atoms with E-state index in [2.05, 4.69) is 10.9 Å². The Morgan fingerprint density at radius 3 is 2.67 bits per heavy atom. The molecule has 6 nitrogen and oxygen atoms in total. The first kappa shape index (κ1) is 15.0. The van der Waals surface area contributed by atoms with Crippen molar-refractivity contribution >= 4 is 23.2 Å². The fourth-order valence-corrected chi connectivity index (χ4v) is 2.44. The van der Waals surface area contributed by atoms with Crippen LogP contribution in [-0.2, 0) is 11.3 Å². The molecule has 0 fully saturated rings. The van der Waals surface area contributed by atoms with Gasteiger partial charge in [-0.15, -0.1) is 11.3 Å². The molecule has 0 aliphatic rings. The molecule has 2 heterocycles. The fourth-order valence-electron chi connectivity index (χ4n) is 1.67. The molecule has 0 radical (unpaired) electrons. The van der Waals surface area contributed by atoms with Crippen LogP contribution in [0.4, 0.5) is 0 Å². The summed E-state index contributed by atoms with van der Waals surface area (Å²) in [6.45, 7) is 2.16. The molecule has 110 valence electrons. The topological polar surface area (TPSA) is 80.2 Å². The first-order chi connectivity index (χ1) is 10.1. The van der Waals surface area contributed by atoms with E-state index >= 15 is 0 Å². The third-order valence-corrected chi connectivity index (χ3v) is 3.76. The molecule has 7 heteroatoms. The van der Waals surface area contributed by atoms with Gasteiger partial charge < -0.3 is 4.57 Å². The van der Waals surface area contributed by atoms with Crippen LogP contribution in [0.5, 0.6) is 0 Å². The van der Waals surface area contributed by atoms with Crippen LogP contribution in [-0.4, -0.2) is 16.4 Å². The highest BCUT2D eigenvalue weighted by Gasteiger charge is 2.09. The zero-order chi connectivity index (χ0) is 15.2. The van der Waals surface area contributed by atoms with Gasteiger partial charge >= 0.3 is 0 Å². The molecule has 0 saturated heterocycles. The lowest BCUT2D eigenvalue weighted by Crippen LogP contribution is -2.41. The van der Waals surface area contributed by atoms with Gasteiger partial charge in [-0.2, -0.15) is 0 Å². The molecular formula is C14H15N3O3S. The van der Waals surface area contributed by atoms with Crippen LogP contribution in [0.25, 0.3) is 0 Å². The van der Waals surface area contributed by atoms with Gasteiger partial charge in [-0.25, -0.2) is 0 Å². The molecule has 0 aliphatic heterocycles. The number of hydrogen-bond donors (Lipinski definition) is 2. The molecule has 2 aromatic rings. The molecule has 21 heavy (non-hydrogen) atoms. The zero-order valence-electron chi connectivity index (χ0n) is 11.5. The van der Waals surface area contributed by atoms with Crippen molar-refractivity contribution in [3.8, 4) is 0 Å². The minimum Gasteiger partial charge on any atom is -0.315 e. The van der Waals surface area contributed by atoms with Crippen LogP contribution in [0.3, 0.4) is 0 Å². The molecule has 2 N–H and O–H groups in total. The van der Waals surface area contributed by atoms with E-state index in [1.807, 2.05) is 13.0 Å². The molecule has 0 spiro atoms. The van der Waals surface area contributed by atoms with Crippen molar-refractivity contribution in [1.82, 2.24) is 15.4 Å². The van der Waals surface area contributed by atoms with Crippen molar-refractivity contribution in [1.29, 1.82) is 0 Å². The zero-order valence-corrected chi connectivity index (χ0v) is 12.3. The summed E-state index contributed by atoms with van der Waals surface area (Å²) >= 11 is 1.35. The quantitative estimate of drug-likeness (QED) is 0.829. The number of pyridine rings is 1. The number of hydrogen-bond acceptors (Lipinski definition) is 4. The van der Waals surface area contributed by atoms with Crippen LogP contribution in [0.2, 0.25) is 0 Å². The third kappa shape index (κ3) is 4.28. The van der Waals surface area contributed by atoms with Crippen LogP contribution >= 0.6 is 11.3 Å². The summed E-state index contributed by atoms with van der Waals surface area (Å²) in [5.74, 6) is -0.703. The summed E-state index contributed by atoms with van der Waals surface area (Å²) in [7, 11) is 0. The molecule has 2 amide bonds. The van der Waals surface area contributed by atoms with Gasteiger partial charge in [0.2, 0.25) is 5.91 Å². The summed E-state index contributed by atoms with van der Waals surface area (Å²) < 4.78 is 1.43. The van der Waals surface area contributed by atoms with Gasteiger partial charge in [0.1, 0.15) is 0 Å². The number of carbonyl (C=O) groups is 2. The summed E-state index contributed by atoms with van der Waals surface area (Å²) in [6, 6.07) is 8.33.